The topological polar surface area (TPSA) is 49.1 Å². The molecule has 0 fully saturated rings. The number of aliphatic imine (C=N–C) groups is 3. The summed E-state index contributed by atoms with van der Waals surface area (Å²) >= 11 is 0. The van der Waals surface area contributed by atoms with Gasteiger partial charge in [0.05, 0.1) is 34.2 Å². The van der Waals surface area contributed by atoms with Crippen LogP contribution in [-0.2, 0) is 0 Å². The molecule has 1 unspecified atom stereocenters. The molecule has 9 rings (SSSR count). The van der Waals surface area contributed by atoms with E-state index in [1.165, 1.54) is 5.57 Å². The van der Waals surface area contributed by atoms with E-state index in [1.54, 1.807) is 0 Å². The van der Waals surface area contributed by atoms with Gasteiger partial charge in [-0.1, -0.05) is 128 Å². The maximum absolute atomic E-state index is 5.39. The monoisotopic (exact) mass is 628 g/mol. The Morgan fingerprint density at radius 2 is 0.755 bits per heavy atom. The average molecular weight is 629 g/mol. The van der Waals surface area contributed by atoms with E-state index in [4.69, 9.17) is 15.0 Å². The van der Waals surface area contributed by atoms with Crippen LogP contribution in [0.25, 0.3) is 22.3 Å². The lowest BCUT2D eigenvalue weighted by atomic mass is 9.85. The molecular formula is C45H32N4. The number of nitrogens with zero attached hydrogens (tertiary/aromatic N) is 3. The van der Waals surface area contributed by atoms with Gasteiger partial charge in [-0.15, -0.1) is 0 Å². The van der Waals surface area contributed by atoms with Gasteiger partial charge < -0.3 is 5.32 Å². The van der Waals surface area contributed by atoms with E-state index in [2.05, 4.69) is 164 Å². The number of allylic oxidation sites excluding steroid dienone is 11. The lowest BCUT2D eigenvalue weighted by molar-refractivity contribution is 0.827. The number of rotatable bonds is 4. The van der Waals surface area contributed by atoms with Crippen molar-refractivity contribution in [2.24, 2.45) is 20.9 Å². The maximum atomic E-state index is 5.39. The molecule has 1 atom stereocenters. The average Bonchev–Trinajstić information content (AvgIpc) is 3.98. The summed E-state index contributed by atoms with van der Waals surface area (Å²) in [7, 11) is 0. The first-order chi connectivity index (χ1) is 24.2. The van der Waals surface area contributed by atoms with Gasteiger partial charge in [0.25, 0.3) is 0 Å². The summed E-state index contributed by atoms with van der Waals surface area (Å²) in [6.45, 7) is 2.28. The van der Waals surface area contributed by atoms with E-state index in [-0.39, 0.29) is 5.92 Å². The normalized spacial score (nSPS) is 19.4. The molecule has 5 aliphatic rings. The van der Waals surface area contributed by atoms with E-state index < -0.39 is 0 Å². The van der Waals surface area contributed by atoms with Gasteiger partial charge in [0.15, 0.2) is 0 Å². The van der Waals surface area contributed by atoms with Crippen molar-refractivity contribution in [3.05, 3.63) is 215 Å². The molecule has 0 saturated carbocycles. The molecule has 0 spiro atoms. The van der Waals surface area contributed by atoms with E-state index in [0.717, 1.165) is 84.5 Å². The molecule has 0 saturated heterocycles. The van der Waals surface area contributed by atoms with Crippen LogP contribution in [0.15, 0.2) is 207 Å². The second-order valence-electron chi connectivity index (χ2n) is 12.5. The Morgan fingerprint density at radius 1 is 0.408 bits per heavy atom. The minimum absolute atomic E-state index is 0.0466. The smallest absolute Gasteiger partial charge is 0.0738 e. The van der Waals surface area contributed by atoms with Crippen molar-refractivity contribution < 1.29 is 0 Å². The molecule has 0 radical (unpaired) electrons. The van der Waals surface area contributed by atoms with Crippen molar-refractivity contribution >= 4 is 39.4 Å². The number of hydrogen-bond donors (Lipinski definition) is 1. The van der Waals surface area contributed by atoms with Gasteiger partial charge in [-0.2, -0.15) is 0 Å². The zero-order valence-corrected chi connectivity index (χ0v) is 27.0. The fourth-order valence-electron chi connectivity index (χ4n) is 7.24. The molecule has 4 aromatic rings. The molecule has 4 nitrogen and oxygen atoms in total. The van der Waals surface area contributed by atoms with Crippen molar-refractivity contribution in [1.82, 2.24) is 5.32 Å². The molecule has 232 valence electrons. The quantitative estimate of drug-likeness (QED) is 0.240. The van der Waals surface area contributed by atoms with Crippen LogP contribution in [0.4, 0.5) is 0 Å². The zero-order chi connectivity index (χ0) is 32.7. The van der Waals surface area contributed by atoms with Crippen molar-refractivity contribution in [1.29, 1.82) is 0 Å². The largest absolute Gasteiger partial charge is 0.364 e. The number of hydrogen-bond acceptors (Lipinski definition) is 4. The Balaban J connectivity index is 1.37. The highest BCUT2D eigenvalue weighted by molar-refractivity contribution is 6.37. The van der Waals surface area contributed by atoms with Gasteiger partial charge in [0, 0.05) is 40.1 Å². The van der Waals surface area contributed by atoms with E-state index in [9.17, 15) is 0 Å². The van der Waals surface area contributed by atoms with Crippen molar-refractivity contribution in [3.8, 4) is 0 Å². The van der Waals surface area contributed by atoms with Crippen LogP contribution in [-0.4, -0.2) is 17.1 Å². The molecule has 0 amide bonds. The van der Waals surface area contributed by atoms with Crippen molar-refractivity contribution in [2.75, 3.05) is 0 Å². The van der Waals surface area contributed by atoms with Crippen molar-refractivity contribution in [2.45, 2.75) is 6.92 Å². The molecule has 4 aromatic carbocycles. The Bertz CT molecular complexity index is 2360. The molecule has 4 heteroatoms. The van der Waals surface area contributed by atoms with E-state index in [1.807, 2.05) is 12.1 Å². The highest BCUT2D eigenvalue weighted by Gasteiger charge is 2.32. The maximum Gasteiger partial charge on any atom is 0.0738 e. The van der Waals surface area contributed by atoms with Crippen LogP contribution in [0.2, 0.25) is 0 Å². The lowest BCUT2D eigenvalue weighted by Gasteiger charge is -2.19. The Labute approximate surface area is 286 Å². The molecule has 5 heterocycles. The van der Waals surface area contributed by atoms with Crippen LogP contribution in [0.3, 0.4) is 0 Å². The summed E-state index contributed by atoms with van der Waals surface area (Å²) in [4.78, 5) is 16.1. The number of benzene rings is 4. The third-order valence-electron chi connectivity index (χ3n) is 9.55. The summed E-state index contributed by atoms with van der Waals surface area (Å²) in [5.74, 6) is 0.0466. The first-order valence-electron chi connectivity index (χ1n) is 16.7. The standard InChI is InChI=1S/C45H32N4/c1-29-34-28-46-45(29)44(33-20-12-5-13-21-33)40-27-26-39(49-40)43(32-18-10-4-11-19-32)38-25-24-37(48-38)42(31-16-8-3-9-17-31)36-23-22-35(47-36)41(34)30-14-6-2-7-15-30/h2-29,46H,1H3. The molecule has 8 bridgehead atoms. The zero-order valence-electron chi connectivity index (χ0n) is 27.0. The van der Waals surface area contributed by atoms with Crippen LogP contribution < -0.4 is 5.32 Å². The fraction of sp³-hybridized carbons (Fsp3) is 0.0444. The highest BCUT2D eigenvalue weighted by Crippen LogP contribution is 2.43. The summed E-state index contributed by atoms with van der Waals surface area (Å²) in [6.07, 6.45) is 15.0. The summed E-state index contributed by atoms with van der Waals surface area (Å²) in [6, 6.07) is 42.1. The summed E-state index contributed by atoms with van der Waals surface area (Å²) < 4.78 is 0. The number of fused-ring (bicyclic) bond motifs is 5. The van der Waals surface area contributed by atoms with E-state index >= 15 is 0 Å². The molecule has 1 N–H and O–H groups in total. The SMILES string of the molecule is CC1C2=CNC1=C(c1ccccc1)C1=NC(=C(c3ccccc3)C3=NC(=C(c4ccccc4)C4=NC(=C2c2ccccc2)C=C4)C=C3)C=C1. The van der Waals surface area contributed by atoms with Gasteiger partial charge in [-0.3, -0.25) is 0 Å². The van der Waals surface area contributed by atoms with Gasteiger partial charge >= 0.3 is 0 Å². The Morgan fingerprint density at radius 3 is 1.18 bits per heavy atom. The van der Waals surface area contributed by atoms with Crippen molar-refractivity contribution in [3.63, 3.8) is 0 Å². The predicted molar refractivity (Wildman–Crippen MR) is 204 cm³/mol. The summed E-state index contributed by atoms with van der Waals surface area (Å²) in [5.41, 5.74) is 16.3. The molecule has 5 aliphatic heterocycles. The van der Waals surface area contributed by atoms with Crippen LogP contribution in [0.1, 0.15) is 29.2 Å². The van der Waals surface area contributed by atoms with Crippen LogP contribution in [0.5, 0.6) is 0 Å². The van der Waals surface area contributed by atoms with Gasteiger partial charge in [-0.05, 0) is 64.3 Å². The molecule has 49 heavy (non-hydrogen) atoms. The second kappa shape index (κ2) is 12.0. The Hall–Kier alpha value is -6.39. The molecule has 0 aliphatic carbocycles. The van der Waals surface area contributed by atoms with Gasteiger partial charge in [-0.25, -0.2) is 15.0 Å². The minimum Gasteiger partial charge on any atom is -0.364 e. The van der Waals surface area contributed by atoms with Crippen LogP contribution in [0, 0.1) is 5.92 Å². The van der Waals surface area contributed by atoms with Gasteiger partial charge in [0.1, 0.15) is 0 Å². The third kappa shape index (κ3) is 5.06. The van der Waals surface area contributed by atoms with E-state index in [0.29, 0.717) is 0 Å². The molecular weight excluding hydrogens is 597 g/mol. The third-order valence-corrected chi connectivity index (χ3v) is 9.55. The predicted octanol–water partition coefficient (Wildman–Crippen LogP) is 9.80. The fourth-order valence-corrected chi connectivity index (χ4v) is 7.24. The second-order valence-corrected chi connectivity index (χ2v) is 12.5. The Kier molecular flexibility index (Phi) is 7.06. The van der Waals surface area contributed by atoms with Gasteiger partial charge in [0.2, 0.25) is 0 Å². The highest BCUT2D eigenvalue weighted by atomic mass is 14.9. The lowest BCUT2D eigenvalue weighted by Crippen LogP contribution is -2.13. The first kappa shape index (κ1) is 28.8. The summed E-state index contributed by atoms with van der Waals surface area (Å²) in [5, 5.41) is 3.73. The van der Waals surface area contributed by atoms with Crippen LogP contribution >= 0.6 is 0 Å². The first-order valence-corrected chi connectivity index (χ1v) is 16.7. The number of nitrogens with one attached hydrogen (secondary N) is 1. The molecule has 0 aromatic heterocycles. The minimum atomic E-state index is 0.0466.